The normalized spacial score (nSPS) is 25.2. The van der Waals surface area contributed by atoms with Gasteiger partial charge in [0.1, 0.15) is 0 Å². The summed E-state index contributed by atoms with van der Waals surface area (Å²) in [6.07, 6.45) is 6.24. The molecular formula is C16H30ClN3O2. The van der Waals surface area contributed by atoms with Gasteiger partial charge in [0.05, 0.1) is 6.54 Å². The number of halogens is 1. The van der Waals surface area contributed by atoms with Crippen LogP contribution in [0.5, 0.6) is 0 Å². The average molecular weight is 332 g/mol. The Bertz CT molecular complexity index is 395. The minimum atomic E-state index is -0.0543. The van der Waals surface area contributed by atoms with Crippen molar-refractivity contribution in [3.8, 4) is 0 Å². The van der Waals surface area contributed by atoms with Crippen LogP contribution in [0.25, 0.3) is 0 Å². The van der Waals surface area contributed by atoms with E-state index in [-0.39, 0.29) is 48.1 Å². The van der Waals surface area contributed by atoms with Gasteiger partial charge in [-0.3, -0.25) is 9.59 Å². The molecule has 2 fully saturated rings. The highest BCUT2D eigenvalue weighted by atomic mass is 35.5. The molecule has 128 valence electrons. The summed E-state index contributed by atoms with van der Waals surface area (Å²) in [5.41, 5.74) is 6.03. The number of rotatable bonds is 3. The smallest absolute Gasteiger partial charge is 0.241 e. The Morgan fingerprint density at radius 2 is 1.82 bits per heavy atom. The van der Waals surface area contributed by atoms with Crippen LogP contribution in [0.3, 0.4) is 0 Å². The van der Waals surface area contributed by atoms with Gasteiger partial charge in [-0.25, -0.2) is 0 Å². The lowest BCUT2D eigenvalue weighted by molar-refractivity contribution is -0.136. The van der Waals surface area contributed by atoms with Crippen molar-refractivity contribution in [3.63, 3.8) is 0 Å². The van der Waals surface area contributed by atoms with E-state index in [1.807, 2.05) is 4.90 Å². The zero-order valence-corrected chi connectivity index (χ0v) is 14.6. The van der Waals surface area contributed by atoms with E-state index in [0.29, 0.717) is 13.1 Å². The fraction of sp³-hybridized carbons (Fsp3) is 0.875. The Morgan fingerprint density at radius 3 is 2.41 bits per heavy atom. The van der Waals surface area contributed by atoms with Crippen LogP contribution < -0.4 is 11.1 Å². The number of hydrogen-bond acceptors (Lipinski definition) is 3. The Morgan fingerprint density at radius 1 is 1.18 bits per heavy atom. The van der Waals surface area contributed by atoms with Crippen molar-refractivity contribution in [2.24, 2.45) is 17.1 Å². The molecule has 2 rings (SSSR count). The summed E-state index contributed by atoms with van der Waals surface area (Å²) in [6.45, 7) is 5.69. The van der Waals surface area contributed by atoms with Crippen LogP contribution in [0.15, 0.2) is 0 Å². The number of hydrogen-bond donors (Lipinski definition) is 2. The van der Waals surface area contributed by atoms with E-state index in [0.717, 1.165) is 32.1 Å². The third-order valence-electron chi connectivity index (χ3n) is 5.05. The summed E-state index contributed by atoms with van der Waals surface area (Å²) in [4.78, 5) is 26.2. The van der Waals surface area contributed by atoms with Crippen LogP contribution in [0.4, 0.5) is 0 Å². The zero-order valence-electron chi connectivity index (χ0n) is 13.8. The molecule has 0 aromatic rings. The lowest BCUT2D eigenvalue weighted by Crippen LogP contribution is -2.55. The Balaban J connectivity index is 0.00000242. The quantitative estimate of drug-likeness (QED) is 0.826. The molecule has 3 N–H and O–H groups in total. The van der Waals surface area contributed by atoms with Crippen LogP contribution in [-0.4, -0.2) is 42.4 Å². The maximum Gasteiger partial charge on any atom is 0.241 e. The van der Waals surface area contributed by atoms with E-state index < -0.39 is 0 Å². The number of carbonyl (C=O) groups excluding carboxylic acids is 2. The van der Waals surface area contributed by atoms with Crippen LogP contribution in [0.1, 0.15) is 52.4 Å². The number of likely N-dealkylation sites (tertiary alicyclic amines) is 1. The first-order valence-electron chi connectivity index (χ1n) is 8.21. The van der Waals surface area contributed by atoms with Crippen molar-refractivity contribution in [2.45, 2.75) is 58.4 Å². The largest absolute Gasteiger partial charge is 0.347 e. The van der Waals surface area contributed by atoms with Gasteiger partial charge in [0.15, 0.2) is 0 Å². The molecule has 1 aliphatic carbocycles. The second-order valence-electron chi connectivity index (χ2n) is 7.25. The van der Waals surface area contributed by atoms with Crippen molar-refractivity contribution in [2.75, 3.05) is 19.6 Å². The summed E-state index contributed by atoms with van der Waals surface area (Å²) >= 11 is 0. The fourth-order valence-electron chi connectivity index (χ4n) is 3.37. The molecule has 22 heavy (non-hydrogen) atoms. The predicted molar refractivity (Wildman–Crippen MR) is 89.8 cm³/mol. The fourth-order valence-corrected chi connectivity index (χ4v) is 3.37. The number of nitrogens with two attached hydrogens (primary N) is 1. The van der Waals surface area contributed by atoms with Crippen molar-refractivity contribution in [3.05, 3.63) is 0 Å². The molecule has 1 atom stereocenters. The molecule has 1 saturated carbocycles. The molecule has 2 aliphatic rings. The van der Waals surface area contributed by atoms with Crippen molar-refractivity contribution in [1.82, 2.24) is 10.2 Å². The summed E-state index contributed by atoms with van der Waals surface area (Å²) in [5.74, 6) is 0.174. The highest BCUT2D eigenvalue weighted by Gasteiger charge is 2.35. The van der Waals surface area contributed by atoms with Crippen molar-refractivity contribution >= 4 is 24.2 Å². The van der Waals surface area contributed by atoms with Gasteiger partial charge < -0.3 is 16.0 Å². The van der Waals surface area contributed by atoms with Crippen LogP contribution in [0, 0.1) is 11.3 Å². The second kappa shape index (κ2) is 8.16. The van der Waals surface area contributed by atoms with Crippen LogP contribution in [0.2, 0.25) is 0 Å². The Labute approximate surface area is 139 Å². The molecule has 1 unspecified atom stereocenters. The average Bonchev–Trinajstić information content (AvgIpc) is 2.48. The molecule has 5 nitrogen and oxygen atoms in total. The van der Waals surface area contributed by atoms with Gasteiger partial charge >= 0.3 is 0 Å². The van der Waals surface area contributed by atoms with E-state index in [4.69, 9.17) is 5.73 Å². The van der Waals surface area contributed by atoms with Gasteiger partial charge in [-0.1, -0.05) is 33.1 Å². The van der Waals surface area contributed by atoms with E-state index in [1.54, 1.807) is 0 Å². The number of amides is 2. The first kappa shape index (κ1) is 19.2. The highest BCUT2D eigenvalue weighted by molar-refractivity contribution is 5.86. The Kier molecular flexibility index (Phi) is 7.13. The minimum Gasteiger partial charge on any atom is -0.347 e. The number of piperidine rings is 1. The van der Waals surface area contributed by atoms with Crippen LogP contribution in [-0.2, 0) is 9.59 Å². The van der Waals surface area contributed by atoms with E-state index in [2.05, 4.69) is 19.2 Å². The molecule has 0 aromatic heterocycles. The molecule has 1 saturated heterocycles. The van der Waals surface area contributed by atoms with E-state index >= 15 is 0 Å². The van der Waals surface area contributed by atoms with Gasteiger partial charge in [0.2, 0.25) is 11.8 Å². The first-order valence-corrected chi connectivity index (χ1v) is 8.21. The summed E-state index contributed by atoms with van der Waals surface area (Å²) in [7, 11) is 0. The Hall–Kier alpha value is -0.810. The molecule has 6 heteroatoms. The summed E-state index contributed by atoms with van der Waals surface area (Å²) in [5, 5.41) is 2.83. The maximum atomic E-state index is 12.3. The molecule has 2 amide bonds. The van der Waals surface area contributed by atoms with Crippen molar-refractivity contribution in [1.29, 1.82) is 0 Å². The molecule has 0 bridgehead atoms. The molecule has 1 aliphatic heterocycles. The van der Waals surface area contributed by atoms with Gasteiger partial charge in [-0.05, 0) is 24.7 Å². The number of nitrogens with one attached hydrogen (secondary N) is 1. The third-order valence-corrected chi connectivity index (χ3v) is 5.05. The lowest BCUT2D eigenvalue weighted by atomic mass is 9.79. The summed E-state index contributed by atoms with van der Waals surface area (Å²) in [6, 6.07) is 0.137. The van der Waals surface area contributed by atoms with E-state index in [1.165, 1.54) is 6.42 Å². The minimum absolute atomic E-state index is 0. The van der Waals surface area contributed by atoms with Crippen LogP contribution >= 0.6 is 12.4 Å². The zero-order chi connectivity index (χ0) is 15.5. The predicted octanol–water partition coefficient (Wildman–Crippen LogP) is 1.69. The number of nitrogens with zero attached hydrogens (tertiary/aromatic N) is 1. The summed E-state index contributed by atoms with van der Waals surface area (Å²) < 4.78 is 0. The van der Waals surface area contributed by atoms with E-state index in [9.17, 15) is 9.59 Å². The molecule has 0 spiro atoms. The third kappa shape index (κ3) is 4.85. The van der Waals surface area contributed by atoms with Gasteiger partial charge in [0.25, 0.3) is 0 Å². The topological polar surface area (TPSA) is 75.4 Å². The molecule has 0 radical (unpaired) electrons. The van der Waals surface area contributed by atoms with Gasteiger partial charge in [0, 0.05) is 25.0 Å². The monoisotopic (exact) mass is 331 g/mol. The first-order chi connectivity index (χ1) is 9.90. The molecule has 0 aromatic carbocycles. The molecular weight excluding hydrogens is 302 g/mol. The molecule has 1 heterocycles. The van der Waals surface area contributed by atoms with Gasteiger partial charge in [-0.2, -0.15) is 0 Å². The standard InChI is InChI=1S/C16H29N3O2.ClH/c1-16(2)11-19(9-8-13(16)17)14(20)10-18-15(21)12-6-4-3-5-7-12;/h12-13H,3-11,17H2,1-2H3,(H,18,21);1H. The van der Waals surface area contributed by atoms with Gasteiger partial charge in [-0.15, -0.1) is 12.4 Å². The van der Waals surface area contributed by atoms with Crippen molar-refractivity contribution < 1.29 is 9.59 Å². The highest BCUT2D eigenvalue weighted by Crippen LogP contribution is 2.27. The SMILES string of the molecule is CC1(C)CN(C(=O)CNC(=O)C2CCCCC2)CCC1N.Cl. The maximum absolute atomic E-state index is 12.3. The number of carbonyl (C=O) groups is 2. The lowest BCUT2D eigenvalue weighted by Gasteiger charge is -2.42. The second-order valence-corrected chi connectivity index (χ2v) is 7.25.